The molecule has 0 aromatic heterocycles. The van der Waals surface area contributed by atoms with Crippen molar-refractivity contribution in [2.24, 2.45) is 0 Å². The molecule has 1 fully saturated rings. The van der Waals surface area contributed by atoms with Crippen molar-refractivity contribution in [3.63, 3.8) is 0 Å². The van der Waals surface area contributed by atoms with Gasteiger partial charge in [0.25, 0.3) is 0 Å². The highest BCUT2D eigenvalue weighted by Crippen LogP contribution is 2.35. The Morgan fingerprint density at radius 1 is 1.56 bits per heavy atom. The highest BCUT2D eigenvalue weighted by atomic mass is 16.6. The average molecular weight is 226 g/mol. The standard InChI is InChI=1S/C11H18N2O3/c1-10(2,3)16-9(15)13-11(5-4-6-11)8(14)7-12/h8,14H,4-6H2,1-3H3,(H,13,15). The first-order chi connectivity index (χ1) is 7.29. The fraction of sp³-hybridized carbons (Fsp3) is 0.818. The topological polar surface area (TPSA) is 82.3 Å². The number of aliphatic hydroxyl groups excluding tert-OH is 1. The predicted octanol–water partition coefficient (Wildman–Crippen LogP) is 1.32. The van der Waals surface area contributed by atoms with E-state index in [4.69, 9.17) is 10.00 Å². The Labute approximate surface area is 95.4 Å². The molecule has 90 valence electrons. The molecule has 0 aromatic rings. The van der Waals surface area contributed by atoms with Crippen molar-refractivity contribution < 1.29 is 14.6 Å². The molecule has 0 aromatic carbocycles. The minimum absolute atomic E-state index is 0.577. The van der Waals surface area contributed by atoms with Gasteiger partial charge in [-0.3, -0.25) is 0 Å². The molecule has 0 spiro atoms. The number of nitriles is 1. The second-order valence-corrected chi connectivity index (χ2v) is 5.17. The smallest absolute Gasteiger partial charge is 0.408 e. The Hall–Kier alpha value is -1.28. The van der Waals surface area contributed by atoms with Crippen molar-refractivity contribution in [3.8, 4) is 6.07 Å². The number of rotatable bonds is 2. The summed E-state index contributed by atoms with van der Waals surface area (Å²) < 4.78 is 5.09. The molecule has 16 heavy (non-hydrogen) atoms. The molecular weight excluding hydrogens is 208 g/mol. The third-order valence-corrected chi connectivity index (χ3v) is 2.64. The average Bonchev–Trinajstić information content (AvgIpc) is 2.07. The molecule has 1 unspecified atom stereocenters. The van der Waals surface area contributed by atoms with Crippen molar-refractivity contribution in [1.29, 1.82) is 5.26 Å². The van der Waals surface area contributed by atoms with Crippen LogP contribution in [0, 0.1) is 11.3 Å². The second-order valence-electron chi connectivity index (χ2n) is 5.17. The molecule has 5 heteroatoms. The number of alkyl carbamates (subject to hydrolysis) is 1. The van der Waals surface area contributed by atoms with Gasteiger partial charge in [-0.2, -0.15) is 5.26 Å². The summed E-state index contributed by atoms with van der Waals surface area (Å²) in [6.45, 7) is 5.29. The third kappa shape index (κ3) is 2.86. The number of amides is 1. The van der Waals surface area contributed by atoms with Crippen LogP contribution in [-0.2, 0) is 4.74 Å². The number of nitrogens with one attached hydrogen (secondary N) is 1. The summed E-state index contributed by atoms with van der Waals surface area (Å²) in [5.74, 6) is 0. The summed E-state index contributed by atoms with van der Waals surface area (Å²) in [6.07, 6.45) is 0.367. The van der Waals surface area contributed by atoms with Crippen molar-refractivity contribution in [2.75, 3.05) is 0 Å². The fourth-order valence-electron chi connectivity index (χ4n) is 1.65. The molecular formula is C11H18N2O3. The van der Waals surface area contributed by atoms with E-state index < -0.39 is 23.3 Å². The number of hydrogen-bond donors (Lipinski definition) is 2. The highest BCUT2D eigenvalue weighted by molar-refractivity contribution is 5.69. The van der Waals surface area contributed by atoms with Crippen molar-refractivity contribution in [2.45, 2.75) is 57.3 Å². The highest BCUT2D eigenvalue weighted by Gasteiger charge is 2.45. The maximum Gasteiger partial charge on any atom is 0.408 e. The lowest BCUT2D eigenvalue weighted by Crippen LogP contribution is -2.61. The van der Waals surface area contributed by atoms with Gasteiger partial charge >= 0.3 is 6.09 Å². The van der Waals surface area contributed by atoms with Gasteiger partial charge < -0.3 is 15.2 Å². The molecule has 1 rings (SSSR count). The largest absolute Gasteiger partial charge is 0.444 e. The van der Waals surface area contributed by atoms with E-state index in [1.165, 1.54) is 0 Å². The van der Waals surface area contributed by atoms with Crippen LogP contribution in [0.15, 0.2) is 0 Å². The Morgan fingerprint density at radius 3 is 2.44 bits per heavy atom. The first kappa shape index (κ1) is 12.8. The van der Waals surface area contributed by atoms with E-state index in [9.17, 15) is 9.90 Å². The number of nitrogens with zero attached hydrogens (tertiary/aromatic N) is 1. The van der Waals surface area contributed by atoms with Crippen LogP contribution >= 0.6 is 0 Å². The zero-order chi connectivity index (χ0) is 12.4. The lowest BCUT2D eigenvalue weighted by atomic mass is 9.73. The van der Waals surface area contributed by atoms with Gasteiger partial charge in [-0.15, -0.1) is 0 Å². The van der Waals surface area contributed by atoms with E-state index in [-0.39, 0.29) is 0 Å². The summed E-state index contributed by atoms with van der Waals surface area (Å²) in [7, 11) is 0. The number of ether oxygens (including phenoxy) is 1. The minimum atomic E-state index is -1.17. The second kappa shape index (κ2) is 4.30. The number of hydrogen-bond acceptors (Lipinski definition) is 4. The van der Waals surface area contributed by atoms with E-state index in [0.717, 1.165) is 6.42 Å². The summed E-state index contributed by atoms with van der Waals surface area (Å²) in [5.41, 5.74) is -1.39. The van der Waals surface area contributed by atoms with Gasteiger partial charge in [-0.1, -0.05) is 0 Å². The molecule has 1 aliphatic rings. The van der Waals surface area contributed by atoms with Gasteiger partial charge in [0.2, 0.25) is 0 Å². The van der Waals surface area contributed by atoms with Crippen molar-refractivity contribution >= 4 is 6.09 Å². The van der Waals surface area contributed by atoms with Gasteiger partial charge in [0.1, 0.15) is 5.60 Å². The maximum atomic E-state index is 11.5. The van der Waals surface area contributed by atoms with Crippen LogP contribution in [0.25, 0.3) is 0 Å². The van der Waals surface area contributed by atoms with Gasteiger partial charge in [0.05, 0.1) is 11.6 Å². The minimum Gasteiger partial charge on any atom is -0.444 e. The molecule has 0 aliphatic heterocycles. The summed E-state index contributed by atoms with van der Waals surface area (Å²) in [5, 5.41) is 20.8. The summed E-state index contributed by atoms with van der Waals surface area (Å²) in [4.78, 5) is 11.5. The predicted molar refractivity (Wildman–Crippen MR) is 57.6 cm³/mol. The Bertz CT molecular complexity index is 310. The van der Waals surface area contributed by atoms with Gasteiger partial charge in [-0.05, 0) is 40.0 Å². The number of carbonyl (C=O) groups excluding carboxylic acids is 1. The molecule has 0 saturated heterocycles. The van der Waals surface area contributed by atoms with E-state index in [0.29, 0.717) is 12.8 Å². The number of aliphatic hydroxyl groups is 1. The quantitative estimate of drug-likeness (QED) is 0.696. The molecule has 2 N–H and O–H groups in total. The van der Waals surface area contributed by atoms with Crippen LogP contribution in [0.3, 0.4) is 0 Å². The van der Waals surface area contributed by atoms with Crippen molar-refractivity contribution in [3.05, 3.63) is 0 Å². The van der Waals surface area contributed by atoms with Crippen LogP contribution in [-0.4, -0.2) is 28.4 Å². The fourth-order valence-corrected chi connectivity index (χ4v) is 1.65. The first-order valence-electron chi connectivity index (χ1n) is 5.38. The van der Waals surface area contributed by atoms with E-state index in [1.54, 1.807) is 26.8 Å². The molecule has 0 radical (unpaired) electrons. The van der Waals surface area contributed by atoms with E-state index in [2.05, 4.69) is 5.32 Å². The molecule has 5 nitrogen and oxygen atoms in total. The Kier molecular flexibility index (Phi) is 3.44. The SMILES string of the molecule is CC(C)(C)OC(=O)NC1(C(O)C#N)CCC1. The van der Waals surface area contributed by atoms with Gasteiger partial charge in [0, 0.05) is 0 Å². The zero-order valence-corrected chi connectivity index (χ0v) is 9.91. The lowest BCUT2D eigenvalue weighted by molar-refractivity contribution is 0.0107. The van der Waals surface area contributed by atoms with Crippen LogP contribution in [0.2, 0.25) is 0 Å². The molecule has 1 saturated carbocycles. The molecule has 1 aliphatic carbocycles. The van der Waals surface area contributed by atoms with Crippen LogP contribution in [0.4, 0.5) is 4.79 Å². The van der Waals surface area contributed by atoms with E-state index >= 15 is 0 Å². The Balaban J connectivity index is 2.58. The molecule has 0 bridgehead atoms. The van der Waals surface area contributed by atoms with E-state index in [1.807, 2.05) is 0 Å². The third-order valence-electron chi connectivity index (χ3n) is 2.64. The first-order valence-corrected chi connectivity index (χ1v) is 5.38. The summed E-state index contributed by atoms with van der Waals surface area (Å²) in [6, 6.07) is 1.76. The zero-order valence-electron chi connectivity index (χ0n) is 9.91. The number of carbonyl (C=O) groups is 1. The molecule has 1 atom stereocenters. The maximum absolute atomic E-state index is 11.5. The van der Waals surface area contributed by atoms with Crippen LogP contribution in [0.1, 0.15) is 40.0 Å². The molecule has 1 amide bonds. The van der Waals surface area contributed by atoms with Crippen LogP contribution < -0.4 is 5.32 Å². The summed E-state index contributed by atoms with van der Waals surface area (Å²) >= 11 is 0. The van der Waals surface area contributed by atoms with Crippen LogP contribution in [0.5, 0.6) is 0 Å². The van der Waals surface area contributed by atoms with Gasteiger partial charge in [0.15, 0.2) is 6.10 Å². The lowest BCUT2D eigenvalue weighted by Gasteiger charge is -2.43. The monoisotopic (exact) mass is 226 g/mol. The Morgan fingerprint density at radius 2 is 2.12 bits per heavy atom. The van der Waals surface area contributed by atoms with Crippen molar-refractivity contribution in [1.82, 2.24) is 5.32 Å². The normalized spacial score (nSPS) is 20.2. The molecule has 0 heterocycles. The van der Waals surface area contributed by atoms with Gasteiger partial charge in [-0.25, -0.2) is 4.79 Å².